The highest BCUT2D eigenvalue weighted by Crippen LogP contribution is 2.20. The summed E-state index contributed by atoms with van der Waals surface area (Å²) in [6.45, 7) is 5.98. The number of primary amides is 1. The number of amides is 2. The number of phenols is 1. The summed E-state index contributed by atoms with van der Waals surface area (Å²) in [6, 6.07) is 4.79. The molecule has 1 aromatic carbocycles. The lowest BCUT2D eigenvalue weighted by Crippen LogP contribution is -2.40. The van der Waals surface area contributed by atoms with Gasteiger partial charge in [0, 0.05) is 6.54 Å². The van der Waals surface area contributed by atoms with Crippen LogP contribution >= 0.6 is 0 Å². The minimum atomic E-state index is -0.568. The number of hydrogen-bond acceptors (Lipinski definition) is 3. The van der Waals surface area contributed by atoms with Gasteiger partial charge < -0.3 is 15.7 Å². The Balaban J connectivity index is 3.03. The van der Waals surface area contributed by atoms with Gasteiger partial charge in [0.05, 0.1) is 12.1 Å². The summed E-state index contributed by atoms with van der Waals surface area (Å²) in [5.41, 5.74) is 6.22. The summed E-state index contributed by atoms with van der Waals surface area (Å²) in [5.74, 6) is -0.834. The van der Waals surface area contributed by atoms with Crippen LogP contribution < -0.4 is 5.73 Å². The second-order valence-electron chi connectivity index (χ2n) is 5.07. The Labute approximate surface area is 113 Å². The van der Waals surface area contributed by atoms with Crippen LogP contribution in [-0.2, 0) is 4.79 Å². The first-order valence-corrected chi connectivity index (χ1v) is 6.18. The molecule has 0 saturated carbocycles. The molecule has 3 N–H and O–H groups in total. The fourth-order valence-electron chi connectivity index (χ4n) is 1.84. The molecule has 0 saturated heterocycles. The normalized spacial score (nSPS) is 10.5. The molecular weight excluding hydrogens is 244 g/mol. The lowest BCUT2D eigenvalue weighted by Gasteiger charge is -2.23. The molecule has 0 aliphatic heterocycles. The molecule has 1 rings (SSSR count). The maximum Gasteiger partial charge on any atom is 0.258 e. The first-order chi connectivity index (χ1) is 8.81. The topological polar surface area (TPSA) is 83.6 Å². The van der Waals surface area contributed by atoms with E-state index in [0.29, 0.717) is 6.54 Å². The molecule has 0 aliphatic carbocycles. The standard InChI is InChI=1S/C14H20N2O3/c1-9(2)7-16(8-13(15)18)14(19)11-6-10(3)4-5-12(11)17/h4-6,9,17H,7-8H2,1-3H3,(H2,15,18). The van der Waals surface area contributed by atoms with Gasteiger partial charge in [0.25, 0.3) is 5.91 Å². The molecule has 0 aromatic heterocycles. The van der Waals surface area contributed by atoms with Gasteiger partial charge in [-0.25, -0.2) is 0 Å². The first-order valence-electron chi connectivity index (χ1n) is 6.18. The van der Waals surface area contributed by atoms with E-state index in [1.807, 2.05) is 20.8 Å². The van der Waals surface area contributed by atoms with Crippen molar-refractivity contribution < 1.29 is 14.7 Å². The number of rotatable bonds is 5. The molecule has 5 nitrogen and oxygen atoms in total. The Morgan fingerprint density at radius 1 is 1.37 bits per heavy atom. The third-order valence-electron chi connectivity index (χ3n) is 2.60. The van der Waals surface area contributed by atoms with E-state index >= 15 is 0 Å². The van der Waals surface area contributed by atoms with Crippen molar-refractivity contribution in [1.29, 1.82) is 0 Å². The van der Waals surface area contributed by atoms with Crippen LogP contribution in [0.4, 0.5) is 0 Å². The summed E-state index contributed by atoms with van der Waals surface area (Å²) in [4.78, 5) is 24.8. The zero-order valence-electron chi connectivity index (χ0n) is 11.5. The van der Waals surface area contributed by atoms with Gasteiger partial charge in [-0.3, -0.25) is 9.59 Å². The molecule has 19 heavy (non-hydrogen) atoms. The fraction of sp³-hybridized carbons (Fsp3) is 0.429. The molecule has 0 spiro atoms. The van der Waals surface area contributed by atoms with Crippen LogP contribution in [-0.4, -0.2) is 34.9 Å². The molecular formula is C14H20N2O3. The predicted molar refractivity (Wildman–Crippen MR) is 72.8 cm³/mol. The van der Waals surface area contributed by atoms with Crippen LogP contribution in [0.3, 0.4) is 0 Å². The number of carbonyl (C=O) groups excluding carboxylic acids is 2. The average molecular weight is 264 g/mol. The summed E-state index contributed by atoms with van der Waals surface area (Å²) in [5, 5.41) is 9.76. The number of aromatic hydroxyl groups is 1. The molecule has 0 aliphatic rings. The maximum atomic E-state index is 12.3. The van der Waals surface area contributed by atoms with Crippen molar-refractivity contribution in [3.8, 4) is 5.75 Å². The van der Waals surface area contributed by atoms with Gasteiger partial charge in [-0.2, -0.15) is 0 Å². The molecule has 0 bridgehead atoms. The zero-order valence-corrected chi connectivity index (χ0v) is 11.5. The Kier molecular flexibility index (Phi) is 4.92. The predicted octanol–water partition coefficient (Wildman–Crippen LogP) is 1.28. The molecule has 104 valence electrons. The number of carbonyl (C=O) groups is 2. The summed E-state index contributed by atoms with van der Waals surface area (Å²) >= 11 is 0. The van der Waals surface area contributed by atoms with Crippen LogP contribution in [0.25, 0.3) is 0 Å². The zero-order chi connectivity index (χ0) is 14.6. The average Bonchev–Trinajstić information content (AvgIpc) is 2.29. The van der Waals surface area contributed by atoms with Gasteiger partial charge in [-0.15, -0.1) is 0 Å². The molecule has 5 heteroatoms. The minimum Gasteiger partial charge on any atom is -0.507 e. The second-order valence-corrected chi connectivity index (χ2v) is 5.07. The van der Waals surface area contributed by atoms with Gasteiger partial charge in [-0.1, -0.05) is 25.5 Å². The van der Waals surface area contributed by atoms with Crippen LogP contribution in [0.2, 0.25) is 0 Å². The van der Waals surface area contributed by atoms with Crippen LogP contribution in [0, 0.1) is 12.8 Å². The van der Waals surface area contributed by atoms with Crippen molar-refractivity contribution in [1.82, 2.24) is 4.90 Å². The Bertz CT molecular complexity index is 484. The van der Waals surface area contributed by atoms with E-state index in [-0.39, 0.29) is 29.7 Å². The monoisotopic (exact) mass is 264 g/mol. The van der Waals surface area contributed by atoms with Gasteiger partial charge in [-0.05, 0) is 25.0 Å². The molecule has 0 fully saturated rings. The minimum absolute atomic E-state index is 0.0890. The van der Waals surface area contributed by atoms with Gasteiger partial charge in [0.2, 0.25) is 5.91 Å². The molecule has 0 atom stereocenters. The Morgan fingerprint density at radius 3 is 2.53 bits per heavy atom. The lowest BCUT2D eigenvalue weighted by molar-refractivity contribution is -0.118. The third-order valence-corrected chi connectivity index (χ3v) is 2.60. The third kappa shape index (κ3) is 4.28. The number of aryl methyl sites for hydroxylation is 1. The van der Waals surface area contributed by atoms with Crippen molar-refractivity contribution in [3.05, 3.63) is 29.3 Å². The van der Waals surface area contributed by atoms with Gasteiger partial charge >= 0.3 is 0 Å². The quantitative estimate of drug-likeness (QED) is 0.840. The SMILES string of the molecule is Cc1ccc(O)c(C(=O)N(CC(N)=O)CC(C)C)c1. The van der Waals surface area contributed by atoms with Crippen molar-refractivity contribution in [2.75, 3.05) is 13.1 Å². The Morgan fingerprint density at radius 2 is 2.00 bits per heavy atom. The van der Waals surface area contributed by atoms with Crippen molar-refractivity contribution in [3.63, 3.8) is 0 Å². The largest absolute Gasteiger partial charge is 0.507 e. The summed E-state index contributed by atoms with van der Waals surface area (Å²) < 4.78 is 0. The van der Waals surface area contributed by atoms with E-state index in [1.54, 1.807) is 12.1 Å². The van der Waals surface area contributed by atoms with Crippen molar-refractivity contribution in [2.24, 2.45) is 11.7 Å². The van der Waals surface area contributed by atoms with Crippen LogP contribution in [0.1, 0.15) is 29.8 Å². The van der Waals surface area contributed by atoms with Gasteiger partial charge in [0.1, 0.15) is 5.75 Å². The lowest BCUT2D eigenvalue weighted by atomic mass is 10.1. The highest BCUT2D eigenvalue weighted by Gasteiger charge is 2.21. The molecule has 0 unspecified atom stereocenters. The number of benzene rings is 1. The van der Waals surface area contributed by atoms with Crippen molar-refractivity contribution >= 4 is 11.8 Å². The van der Waals surface area contributed by atoms with Crippen LogP contribution in [0.15, 0.2) is 18.2 Å². The van der Waals surface area contributed by atoms with E-state index in [4.69, 9.17) is 5.73 Å². The number of nitrogens with two attached hydrogens (primary N) is 1. The fourth-order valence-corrected chi connectivity index (χ4v) is 1.84. The van der Waals surface area contributed by atoms with E-state index < -0.39 is 5.91 Å². The molecule has 0 heterocycles. The maximum absolute atomic E-state index is 12.3. The first kappa shape index (κ1) is 15.0. The summed E-state index contributed by atoms with van der Waals surface area (Å²) in [7, 11) is 0. The van der Waals surface area contributed by atoms with Crippen LogP contribution in [0.5, 0.6) is 5.75 Å². The van der Waals surface area contributed by atoms with Crippen molar-refractivity contribution in [2.45, 2.75) is 20.8 Å². The van der Waals surface area contributed by atoms with E-state index in [9.17, 15) is 14.7 Å². The molecule has 0 radical (unpaired) electrons. The number of nitrogens with zero attached hydrogens (tertiary/aromatic N) is 1. The molecule has 1 aromatic rings. The number of phenolic OH excluding ortho intramolecular Hbond substituents is 1. The second kappa shape index (κ2) is 6.22. The van der Waals surface area contributed by atoms with E-state index in [0.717, 1.165) is 5.56 Å². The highest BCUT2D eigenvalue weighted by molar-refractivity contribution is 5.98. The highest BCUT2D eigenvalue weighted by atomic mass is 16.3. The smallest absolute Gasteiger partial charge is 0.258 e. The van der Waals surface area contributed by atoms with E-state index in [1.165, 1.54) is 11.0 Å². The molecule has 2 amide bonds. The van der Waals surface area contributed by atoms with Gasteiger partial charge in [0.15, 0.2) is 0 Å². The number of hydrogen-bond donors (Lipinski definition) is 2. The summed E-state index contributed by atoms with van der Waals surface area (Å²) in [6.07, 6.45) is 0. The van der Waals surface area contributed by atoms with E-state index in [2.05, 4.69) is 0 Å². The Hall–Kier alpha value is -2.04.